The number of carbonyl (C=O) groups is 1. The molecule has 3 rings (SSSR count). The van der Waals surface area contributed by atoms with Crippen LogP contribution < -0.4 is 5.11 Å². The molecule has 3 aliphatic rings. The number of aliphatic carboxylic acids is 1. The van der Waals surface area contributed by atoms with Gasteiger partial charge in [0.2, 0.25) is 5.76 Å². The highest BCUT2D eigenvalue weighted by Gasteiger charge is 2.26. The average Bonchev–Trinajstić information content (AvgIpc) is 2.92. The molecule has 5 nitrogen and oxygen atoms in total. The lowest BCUT2D eigenvalue weighted by Crippen LogP contribution is -2.32. The van der Waals surface area contributed by atoms with Crippen molar-refractivity contribution in [2.75, 3.05) is 0 Å². The summed E-state index contributed by atoms with van der Waals surface area (Å²) >= 11 is 0. The highest BCUT2D eigenvalue weighted by Crippen LogP contribution is 2.29. The minimum Gasteiger partial charge on any atom is -0.541 e. The Balaban J connectivity index is 1.79. The number of carboxylic acids is 1. The van der Waals surface area contributed by atoms with Crippen molar-refractivity contribution in [3.63, 3.8) is 0 Å². The maximum absolute atomic E-state index is 12.6. The van der Waals surface area contributed by atoms with Gasteiger partial charge in [0.15, 0.2) is 0 Å². The summed E-state index contributed by atoms with van der Waals surface area (Å²) in [4.78, 5) is 12.6. The molecule has 0 aromatic rings. The molecule has 3 saturated carbocycles. The fourth-order valence-corrected chi connectivity index (χ4v) is 6.45. The molecule has 0 saturated heterocycles. The zero-order chi connectivity index (χ0) is 26.7. The fraction of sp³-hybridized carbons (Fsp3) is 0.909. The van der Waals surface area contributed by atoms with Crippen LogP contribution in [0.2, 0.25) is 0 Å². The van der Waals surface area contributed by atoms with Crippen molar-refractivity contribution in [1.29, 1.82) is 0 Å². The summed E-state index contributed by atoms with van der Waals surface area (Å²) in [5.41, 5.74) is 0. The molecule has 0 aliphatic heterocycles. The predicted molar refractivity (Wildman–Crippen MR) is 151 cm³/mol. The van der Waals surface area contributed by atoms with E-state index in [4.69, 9.17) is 14.2 Å². The quantitative estimate of drug-likeness (QED) is 0.242. The molecular formula is C33H57O5-. The van der Waals surface area contributed by atoms with Crippen LogP contribution in [0.1, 0.15) is 173 Å². The van der Waals surface area contributed by atoms with Crippen LogP contribution in [0.3, 0.4) is 0 Å². The van der Waals surface area contributed by atoms with Crippen LogP contribution in [0.15, 0.2) is 11.7 Å². The van der Waals surface area contributed by atoms with Crippen LogP contribution in [0, 0.1) is 0 Å². The number of ether oxygens (including phenoxy) is 3. The molecule has 3 fully saturated rings. The van der Waals surface area contributed by atoms with Gasteiger partial charge in [-0.05, 0) is 77.0 Å². The molecule has 0 N–H and O–H groups in total. The monoisotopic (exact) mass is 533 g/mol. The summed E-state index contributed by atoms with van der Waals surface area (Å²) in [7, 11) is 0. The molecule has 0 bridgehead atoms. The zero-order valence-corrected chi connectivity index (χ0v) is 24.4. The van der Waals surface area contributed by atoms with Gasteiger partial charge in [-0.25, -0.2) is 0 Å². The smallest absolute Gasteiger partial charge is 0.326 e. The first-order valence-corrected chi connectivity index (χ1v) is 16.7. The normalized spacial score (nSPS) is 23.5. The standard InChI is InChI=1S/C33H58O5/c34-32(35)31(36-28-22-16-10-4-1-5-11-17-23-28)33(37-29-24-18-12-6-2-7-13-19-25-29)38-30-26-20-14-8-3-9-15-21-27-30/h28-30H,1-27H2,(H,34,35)/p-1. The molecule has 0 spiro atoms. The number of rotatable bonds is 7. The third kappa shape index (κ3) is 13.1. The Labute approximate surface area is 233 Å². The lowest BCUT2D eigenvalue weighted by atomic mass is 9.99. The third-order valence-electron chi connectivity index (χ3n) is 8.86. The SMILES string of the molecule is O=C([O-])C(OC1CCCCCCCCC1)=C(OC1CCCCCCCCC1)OC1CCCCCCCCC1. The van der Waals surface area contributed by atoms with Crippen LogP contribution in [0.4, 0.5) is 0 Å². The molecule has 5 heteroatoms. The van der Waals surface area contributed by atoms with E-state index >= 15 is 0 Å². The van der Waals surface area contributed by atoms with Gasteiger partial charge in [-0.15, -0.1) is 0 Å². The molecule has 0 aromatic carbocycles. The summed E-state index contributed by atoms with van der Waals surface area (Å²) in [6, 6.07) is 0. The molecule has 0 unspecified atom stereocenters. The van der Waals surface area contributed by atoms with Crippen LogP contribution in [-0.4, -0.2) is 24.3 Å². The summed E-state index contributed by atoms with van der Waals surface area (Å²) in [5, 5.41) is 12.6. The van der Waals surface area contributed by atoms with Crippen molar-refractivity contribution in [3.05, 3.63) is 11.7 Å². The summed E-state index contributed by atoms with van der Waals surface area (Å²) < 4.78 is 19.4. The van der Waals surface area contributed by atoms with Gasteiger partial charge in [0.05, 0.1) is 6.10 Å². The van der Waals surface area contributed by atoms with Gasteiger partial charge in [0, 0.05) is 0 Å². The van der Waals surface area contributed by atoms with E-state index in [1.165, 1.54) is 96.3 Å². The minimum absolute atomic E-state index is 0.0235. The van der Waals surface area contributed by atoms with Gasteiger partial charge in [-0.1, -0.05) is 96.3 Å². The molecule has 38 heavy (non-hydrogen) atoms. The maximum atomic E-state index is 12.6. The summed E-state index contributed by atoms with van der Waals surface area (Å²) in [6.45, 7) is 0. The maximum Gasteiger partial charge on any atom is 0.326 e. The average molecular weight is 534 g/mol. The molecular weight excluding hydrogens is 476 g/mol. The Bertz CT molecular complexity index is 600. The molecule has 3 aliphatic carbocycles. The Morgan fingerprint density at radius 3 is 0.895 bits per heavy atom. The van der Waals surface area contributed by atoms with E-state index in [-0.39, 0.29) is 30.0 Å². The number of hydrogen-bond donors (Lipinski definition) is 0. The van der Waals surface area contributed by atoms with E-state index in [0.717, 1.165) is 77.0 Å². The lowest BCUT2D eigenvalue weighted by Gasteiger charge is -2.29. The van der Waals surface area contributed by atoms with Crippen LogP contribution in [0.5, 0.6) is 0 Å². The predicted octanol–water partition coefficient (Wildman–Crippen LogP) is 8.63. The molecule has 0 aromatic heterocycles. The van der Waals surface area contributed by atoms with E-state index in [1.807, 2.05) is 0 Å². The van der Waals surface area contributed by atoms with Crippen molar-refractivity contribution in [1.82, 2.24) is 0 Å². The van der Waals surface area contributed by atoms with E-state index in [9.17, 15) is 9.90 Å². The second-order valence-electron chi connectivity index (χ2n) is 12.3. The minimum atomic E-state index is -1.29. The van der Waals surface area contributed by atoms with Crippen molar-refractivity contribution in [3.8, 4) is 0 Å². The third-order valence-corrected chi connectivity index (χ3v) is 8.86. The lowest BCUT2D eigenvalue weighted by molar-refractivity contribution is -0.305. The van der Waals surface area contributed by atoms with Gasteiger partial charge < -0.3 is 24.1 Å². The molecule has 0 radical (unpaired) electrons. The first kappa shape index (κ1) is 31.1. The van der Waals surface area contributed by atoms with Crippen LogP contribution in [-0.2, 0) is 19.0 Å². The van der Waals surface area contributed by atoms with Crippen molar-refractivity contribution in [2.24, 2.45) is 0 Å². The van der Waals surface area contributed by atoms with Gasteiger partial charge in [0.25, 0.3) is 0 Å². The van der Waals surface area contributed by atoms with Gasteiger partial charge in [0.1, 0.15) is 18.2 Å². The summed E-state index contributed by atoms with van der Waals surface area (Å²) in [6.07, 6.45) is 30.9. The Kier molecular flexibility index (Phi) is 16.1. The number of carbonyl (C=O) groups excluding carboxylic acids is 1. The van der Waals surface area contributed by atoms with Crippen molar-refractivity contribution >= 4 is 5.97 Å². The largest absolute Gasteiger partial charge is 0.541 e. The van der Waals surface area contributed by atoms with Crippen LogP contribution >= 0.6 is 0 Å². The Hall–Kier alpha value is -1.39. The molecule has 0 heterocycles. The van der Waals surface area contributed by atoms with Crippen molar-refractivity contribution < 1.29 is 24.1 Å². The van der Waals surface area contributed by atoms with E-state index in [0.29, 0.717) is 0 Å². The van der Waals surface area contributed by atoms with E-state index < -0.39 is 5.97 Å². The molecule has 0 atom stereocenters. The van der Waals surface area contributed by atoms with Gasteiger partial charge >= 0.3 is 5.95 Å². The number of carboxylic acid groups (broad SMARTS) is 1. The second kappa shape index (κ2) is 19.6. The fourth-order valence-electron chi connectivity index (χ4n) is 6.45. The second-order valence-corrected chi connectivity index (χ2v) is 12.3. The zero-order valence-electron chi connectivity index (χ0n) is 24.4. The highest BCUT2D eigenvalue weighted by atomic mass is 16.7. The Morgan fingerprint density at radius 2 is 0.632 bits per heavy atom. The van der Waals surface area contributed by atoms with E-state index in [1.54, 1.807) is 0 Å². The first-order valence-electron chi connectivity index (χ1n) is 16.7. The van der Waals surface area contributed by atoms with Gasteiger partial charge in [-0.3, -0.25) is 0 Å². The topological polar surface area (TPSA) is 67.8 Å². The molecule has 220 valence electrons. The Morgan fingerprint density at radius 1 is 0.395 bits per heavy atom. The highest BCUT2D eigenvalue weighted by molar-refractivity contribution is 5.82. The number of hydrogen-bond acceptors (Lipinski definition) is 5. The van der Waals surface area contributed by atoms with Gasteiger partial charge in [-0.2, -0.15) is 0 Å². The van der Waals surface area contributed by atoms with E-state index in [2.05, 4.69) is 0 Å². The first-order chi connectivity index (χ1) is 18.7. The van der Waals surface area contributed by atoms with Crippen LogP contribution in [0.25, 0.3) is 0 Å². The summed E-state index contributed by atoms with van der Waals surface area (Å²) in [5.74, 6) is -1.36. The molecule has 0 amide bonds. The van der Waals surface area contributed by atoms with Crippen molar-refractivity contribution in [2.45, 2.75) is 192 Å².